The second kappa shape index (κ2) is 4.41. The maximum Gasteiger partial charge on any atom is 0.151 e. The molecular formula is C22H19NO. The Hall–Kier alpha value is -2.74. The first-order valence-electron chi connectivity index (χ1n) is 8.36. The molecule has 2 heteroatoms. The Balaban J connectivity index is 1.77. The lowest BCUT2D eigenvalue weighted by atomic mass is 9.82. The highest BCUT2D eigenvalue weighted by molar-refractivity contribution is 5.87. The van der Waals surface area contributed by atoms with Crippen LogP contribution in [-0.2, 0) is 5.41 Å². The van der Waals surface area contributed by atoms with E-state index < -0.39 is 0 Å². The molecule has 0 saturated heterocycles. The van der Waals surface area contributed by atoms with Crippen molar-refractivity contribution in [2.75, 3.05) is 11.9 Å². The van der Waals surface area contributed by atoms with Gasteiger partial charge in [0.15, 0.2) is 11.5 Å². The van der Waals surface area contributed by atoms with E-state index in [1.54, 1.807) is 0 Å². The number of hydrogen-bond acceptors (Lipinski definition) is 2. The van der Waals surface area contributed by atoms with Gasteiger partial charge in [0.25, 0.3) is 0 Å². The van der Waals surface area contributed by atoms with E-state index in [0.717, 1.165) is 22.9 Å². The lowest BCUT2D eigenvalue weighted by molar-refractivity contribution is 0.475. The number of ether oxygens (including phenoxy) is 1. The normalized spacial score (nSPS) is 15.9. The zero-order chi connectivity index (χ0) is 16.5. The molecule has 0 spiro atoms. The molecule has 1 aliphatic heterocycles. The Morgan fingerprint density at radius 2 is 1.50 bits per heavy atom. The summed E-state index contributed by atoms with van der Waals surface area (Å²) in [6.07, 6.45) is 0. The van der Waals surface area contributed by atoms with Crippen LogP contribution in [0.4, 0.5) is 11.4 Å². The monoisotopic (exact) mass is 313 g/mol. The van der Waals surface area contributed by atoms with E-state index in [4.69, 9.17) is 4.74 Å². The van der Waals surface area contributed by atoms with Gasteiger partial charge >= 0.3 is 0 Å². The number of rotatable bonds is 0. The highest BCUT2D eigenvalue weighted by Gasteiger charge is 2.37. The van der Waals surface area contributed by atoms with Crippen molar-refractivity contribution in [3.05, 3.63) is 71.8 Å². The molecule has 3 aromatic rings. The van der Waals surface area contributed by atoms with E-state index in [-0.39, 0.29) is 5.41 Å². The summed E-state index contributed by atoms with van der Waals surface area (Å²) in [6.45, 7) is 4.61. The summed E-state index contributed by atoms with van der Waals surface area (Å²) in [4.78, 5) is 2.23. The maximum absolute atomic E-state index is 6.21. The molecule has 1 aliphatic carbocycles. The van der Waals surface area contributed by atoms with E-state index in [0.29, 0.717) is 0 Å². The van der Waals surface area contributed by atoms with E-state index in [2.05, 4.69) is 74.3 Å². The van der Waals surface area contributed by atoms with Crippen molar-refractivity contribution in [3.63, 3.8) is 0 Å². The van der Waals surface area contributed by atoms with Crippen LogP contribution < -0.4 is 9.64 Å². The maximum atomic E-state index is 6.21. The van der Waals surface area contributed by atoms with Crippen molar-refractivity contribution in [2.24, 2.45) is 0 Å². The van der Waals surface area contributed by atoms with E-state index in [9.17, 15) is 0 Å². The molecule has 2 aliphatic rings. The number of nitrogens with zero attached hydrogens (tertiary/aromatic N) is 1. The molecule has 5 rings (SSSR count). The molecule has 0 atom stereocenters. The van der Waals surface area contributed by atoms with E-state index >= 15 is 0 Å². The number of para-hydroxylation sites is 2. The minimum absolute atomic E-state index is 0.0127. The third kappa shape index (κ3) is 1.60. The molecule has 1 heterocycles. The summed E-state index contributed by atoms with van der Waals surface area (Å²) in [6, 6.07) is 21.4. The highest BCUT2D eigenvalue weighted by Crippen LogP contribution is 2.54. The van der Waals surface area contributed by atoms with Crippen LogP contribution in [0.3, 0.4) is 0 Å². The fourth-order valence-electron chi connectivity index (χ4n) is 4.13. The Kier molecular flexibility index (Phi) is 2.52. The van der Waals surface area contributed by atoms with Gasteiger partial charge in [-0.25, -0.2) is 0 Å². The molecule has 0 unspecified atom stereocenters. The zero-order valence-electron chi connectivity index (χ0n) is 14.1. The second-order valence-corrected chi connectivity index (χ2v) is 7.16. The molecule has 0 fully saturated rings. The van der Waals surface area contributed by atoms with Crippen molar-refractivity contribution in [1.29, 1.82) is 0 Å². The van der Waals surface area contributed by atoms with Crippen LogP contribution in [-0.4, -0.2) is 7.05 Å². The predicted octanol–water partition coefficient (Wildman–Crippen LogP) is 5.87. The number of benzene rings is 3. The van der Waals surface area contributed by atoms with Gasteiger partial charge in [0.1, 0.15) is 0 Å². The average Bonchev–Trinajstić information content (AvgIpc) is 2.82. The second-order valence-electron chi connectivity index (χ2n) is 7.16. The first kappa shape index (κ1) is 13.7. The van der Waals surface area contributed by atoms with Gasteiger partial charge in [0, 0.05) is 12.5 Å². The van der Waals surface area contributed by atoms with Gasteiger partial charge in [0.05, 0.1) is 11.4 Å². The average molecular weight is 313 g/mol. The molecule has 2 nitrogen and oxygen atoms in total. The largest absolute Gasteiger partial charge is 0.453 e. The Bertz CT molecular complexity index is 987. The summed E-state index contributed by atoms with van der Waals surface area (Å²) in [5, 5.41) is 0. The van der Waals surface area contributed by atoms with Gasteiger partial charge in [-0.1, -0.05) is 50.2 Å². The van der Waals surface area contributed by atoms with E-state index in [1.165, 1.54) is 22.3 Å². The van der Waals surface area contributed by atoms with Crippen molar-refractivity contribution >= 4 is 11.4 Å². The predicted molar refractivity (Wildman–Crippen MR) is 98.6 cm³/mol. The third-order valence-electron chi connectivity index (χ3n) is 5.47. The smallest absolute Gasteiger partial charge is 0.151 e. The standard InChI is InChI=1S/C22H19NO/c1-22(2)16-9-5-4-8-14(16)15-12-21-19(13-17(15)22)23(3)18-10-6-7-11-20(18)24-21/h4-13H,1-3H3. The van der Waals surface area contributed by atoms with Crippen LogP contribution in [0.2, 0.25) is 0 Å². The van der Waals surface area contributed by atoms with Crippen LogP contribution in [0.1, 0.15) is 25.0 Å². The topological polar surface area (TPSA) is 12.5 Å². The van der Waals surface area contributed by atoms with Crippen molar-refractivity contribution in [3.8, 4) is 22.6 Å². The first-order chi connectivity index (χ1) is 11.6. The zero-order valence-corrected chi connectivity index (χ0v) is 14.1. The van der Waals surface area contributed by atoms with Gasteiger partial charge in [0.2, 0.25) is 0 Å². The molecule has 0 aromatic heterocycles. The van der Waals surface area contributed by atoms with Gasteiger partial charge in [-0.05, 0) is 46.5 Å². The van der Waals surface area contributed by atoms with Crippen molar-refractivity contribution in [2.45, 2.75) is 19.3 Å². The van der Waals surface area contributed by atoms with Gasteiger partial charge in [-0.2, -0.15) is 0 Å². The summed E-state index contributed by atoms with van der Waals surface area (Å²) >= 11 is 0. The Labute approximate surface area is 142 Å². The fourth-order valence-corrected chi connectivity index (χ4v) is 4.13. The number of fused-ring (bicyclic) bond motifs is 5. The van der Waals surface area contributed by atoms with Crippen LogP contribution in [0.25, 0.3) is 11.1 Å². The van der Waals surface area contributed by atoms with Crippen molar-refractivity contribution < 1.29 is 4.74 Å². The molecule has 0 saturated carbocycles. The Morgan fingerprint density at radius 3 is 2.38 bits per heavy atom. The van der Waals surface area contributed by atoms with Crippen LogP contribution in [0.15, 0.2) is 60.7 Å². The minimum atomic E-state index is 0.0127. The fraction of sp³-hybridized carbons (Fsp3) is 0.182. The third-order valence-corrected chi connectivity index (χ3v) is 5.47. The molecule has 3 aromatic carbocycles. The molecule has 24 heavy (non-hydrogen) atoms. The number of anilines is 2. The summed E-state index contributed by atoms with van der Waals surface area (Å²) < 4.78 is 6.21. The summed E-state index contributed by atoms with van der Waals surface area (Å²) in [7, 11) is 2.11. The lowest BCUT2D eigenvalue weighted by Gasteiger charge is -2.31. The van der Waals surface area contributed by atoms with E-state index in [1.807, 2.05) is 12.1 Å². The molecule has 0 radical (unpaired) electrons. The molecule has 0 bridgehead atoms. The Morgan fingerprint density at radius 1 is 0.750 bits per heavy atom. The molecule has 0 amide bonds. The van der Waals surface area contributed by atoms with Crippen molar-refractivity contribution in [1.82, 2.24) is 0 Å². The van der Waals surface area contributed by atoms with Gasteiger partial charge in [-0.3, -0.25) is 0 Å². The molecule has 118 valence electrons. The lowest BCUT2D eigenvalue weighted by Crippen LogP contribution is -2.19. The van der Waals surface area contributed by atoms with Gasteiger partial charge < -0.3 is 9.64 Å². The first-order valence-corrected chi connectivity index (χ1v) is 8.36. The van der Waals surface area contributed by atoms with Gasteiger partial charge in [-0.15, -0.1) is 0 Å². The van der Waals surface area contributed by atoms with Crippen LogP contribution in [0, 0.1) is 0 Å². The molecule has 0 N–H and O–H groups in total. The highest BCUT2D eigenvalue weighted by atomic mass is 16.5. The number of hydrogen-bond donors (Lipinski definition) is 0. The minimum Gasteiger partial charge on any atom is -0.453 e. The van der Waals surface area contributed by atoms with Crippen LogP contribution in [0.5, 0.6) is 11.5 Å². The van der Waals surface area contributed by atoms with Crippen LogP contribution >= 0.6 is 0 Å². The SMILES string of the molecule is CN1c2ccccc2Oc2cc3c(cc21)C(C)(C)c1ccccc1-3. The summed E-state index contributed by atoms with van der Waals surface area (Å²) in [5.74, 6) is 1.85. The summed E-state index contributed by atoms with van der Waals surface area (Å²) in [5.41, 5.74) is 7.64. The quantitative estimate of drug-likeness (QED) is 0.515. The molecular weight excluding hydrogens is 294 g/mol.